The fourth-order valence-corrected chi connectivity index (χ4v) is 9.33. The van der Waals surface area contributed by atoms with Crippen LogP contribution < -0.4 is 49.1 Å². The summed E-state index contributed by atoms with van der Waals surface area (Å²) in [5, 5.41) is 19.7. The molecule has 3 aromatic heterocycles. The zero-order valence-electron chi connectivity index (χ0n) is 41.3. The molecule has 76 heavy (non-hydrogen) atoms. The van der Waals surface area contributed by atoms with Crippen LogP contribution in [0.3, 0.4) is 0 Å². The Morgan fingerprint density at radius 3 is 0.895 bits per heavy atom. The molecule has 0 radical (unpaired) electrons. The third-order valence-corrected chi connectivity index (χ3v) is 13.3. The molecule has 15 N–H and O–H groups in total. The predicted octanol–water partition coefficient (Wildman–Crippen LogP) is 5.18. The smallest absolute Gasteiger partial charge is 0.248 e. The van der Waals surface area contributed by atoms with Gasteiger partial charge in [-0.15, -0.1) is 0 Å². The molecule has 3 heterocycles. The number of anilines is 3. The maximum atomic E-state index is 13.5. The number of para-hydroxylation sites is 3. The van der Waals surface area contributed by atoms with E-state index in [2.05, 4.69) is 46.9 Å². The molecule has 6 amide bonds. The Morgan fingerprint density at radius 2 is 0.632 bits per heavy atom. The van der Waals surface area contributed by atoms with Gasteiger partial charge in [-0.25, -0.2) is 0 Å². The van der Waals surface area contributed by atoms with Crippen LogP contribution >= 0.6 is 0 Å². The molecule has 18 heteroatoms. The van der Waals surface area contributed by atoms with E-state index in [-0.39, 0.29) is 56.6 Å². The van der Waals surface area contributed by atoms with Crippen molar-refractivity contribution in [1.82, 2.24) is 30.9 Å². The Balaban J connectivity index is 0.884. The number of nitrogens with one attached hydrogen (secondary N) is 9. The van der Waals surface area contributed by atoms with Crippen molar-refractivity contribution in [2.75, 3.05) is 35.6 Å². The van der Waals surface area contributed by atoms with Crippen LogP contribution in [0.1, 0.15) is 39.3 Å². The van der Waals surface area contributed by atoms with E-state index in [1.54, 1.807) is 55.0 Å². The first-order valence-corrected chi connectivity index (χ1v) is 24.8. The maximum absolute atomic E-state index is 13.5. The van der Waals surface area contributed by atoms with Crippen molar-refractivity contribution < 1.29 is 28.8 Å². The van der Waals surface area contributed by atoms with Gasteiger partial charge in [0.05, 0.1) is 19.3 Å². The summed E-state index contributed by atoms with van der Waals surface area (Å²) in [5.74, 6) is -2.90. The number of amides is 6. The van der Waals surface area contributed by atoms with Gasteiger partial charge < -0.3 is 64.1 Å². The van der Waals surface area contributed by atoms with Crippen molar-refractivity contribution in [2.45, 2.75) is 43.3 Å². The van der Waals surface area contributed by atoms with Gasteiger partial charge in [-0.2, -0.15) is 0 Å². The number of nitrogens with two attached hydrogens (primary N) is 3. The quantitative estimate of drug-likeness (QED) is 0.0422. The normalized spacial score (nSPS) is 12.5. The lowest BCUT2D eigenvalue weighted by molar-refractivity contribution is -0.125. The molecule has 0 aliphatic heterocycles. The molecule has 0 fully saturated rings. The predicted molar refractivity (Wildman–Crippen MR) is 295 cm³/mol. The third kappa shape index (κ3) is 12.2. The van der Waals surface area contributed by atoms with Crippen LogP contribution in [0.2, 0.25) is 0 Å². The van der Waals surface area contributed by atoms with E-state index in [9.17, 15) is 28.8 Å². The monoisotopic (exact) mass is 1020 g/mol. The van der Waals surface area contributed by atoms with E-state index < -0.39 is 41.8 Å². The Labute approximate surface area is 437 Å². The van der Waals surface area contributed by atoms with E-state index in [0.29, 0.717) is 17.1 Å². The minimum atomic E-state index is -0.994. The number of carbonyl (C=O) groups is 6. The summed E-state index contributed by atoms with van der Waals surface area (Å²) < 4.78 is 0. The zero-order valence-corrected chi connectivity index (χ0v) is 41.3. The molecular weight excluding hydrogens is 961 g/mol. The summed E-state index contributed by atoms with van der Waals surface area (Å²) in [7, 11) is 0. The van der Waals surface area contributed by atoms with Gasteiger partial charge in [0, 0.05) is 93.9 Å². The van der Waals surface area contributed by atoms with Crippen molar-refractivity contribution in [3.63, 3.8) is 0 Å². The van der Waals surface area contributed by atoms with Gasteiger partial charge in [0.2, 0.25) is 35.4 Å². The second kappa shape index (κ2) is 23.7. The molecule has 18 nitrogen and oxygen atoms in total. The van der Waals surface area contributed by atoms with Crippen LogP contribution in [0.15, 0.2) is 164 Å². The summed E-state index contributed by atoms with van der Waals surface area (Å²) in [6.07, 6.45) is 5.51. The maximum Gasteiger partial charge on any atom is 0.248 e. The van der Waals surface area contributed by atoms with Gasteiger partial charge in [0.1, 0.15) is 18.1 Å². The molecular formula is C58H58N12O6. The lowest BCUT2D eigenvalue weighted by atomic mass is 9.85. The fourth-order valence-electron chi connectivity index (χ4n) is 9.33. The summed E-state index contributed by atoms with van der Waals surface area (Å²) >= 11 is 0. The highest BCUT2D eigenvalue weighted by Gasteiger charge is 2.25. The third-order valence-electron chi connectivity index (χ3n) is 13.3. The van der Waals surface area contributed by atoms with Gasteiger partial charge in [-0.05, 0) is 88.0 Å². The Morgan fingerprint density at radius 1 is 0.368 bits per heavy atom. The SMILES string of the molecule is NC[C@H](NC(=O)Cc1c[nH]c2ccccc12)C(=O)Nc1ccc(C(c2ccc(NC(=O)[C@H](CN)NC(=O)Cc3c[nH]c4ccccc34)cc2)c2ccc(NC(=O)[C@H](CN)NC(=O)Cc3c[nH]c4ccccc34)cc2)cc1. The van der Waals surface area contributed by atoms with Gasteiger partial charge in [-0.1, -0.05) is 91.0 Å². The lowest BCUT2D eigenvalue weighted by Gasteiger charge is -2.22. The second-order valence-electron chi connectivity index (χ2n) is 18.4. The van der Waals surface area contributed by atoms with E-state index in [1.807, 2.05) is 109 Å². The van der Waals surface area contributed by atoms with Crippen molar-refractivity contribution in [3.8, 4) is 0 Å². The van der Waals surface area contributed by atoms with Crippen molar-refractivity contribution >= 4 is 85.2 Å². The first-order valence-electron chi connectivity index (χ1n) is 24.8. The molecule has 9 rings (SSSR count). The fraction of sp³-hybridized carbons (Fsp3) is 0.172. The Kier molecular flexibility index (Phi) is 16.1. The van der Waals surface area contributed by atoms with E-state index >= 15 is 0 Å². The Hall–Kier alpha value is -9.36. The number of rotatable bonds is 21. The summed E-state index contributed by atoms with van der Waals surface area (Å²) in [4.78, 5) is 89.2. The zero-order chi connectivity index (χ0) is 53.1. The molecule has 0 aliphatic carbocycles. The number of benzene rings is 6. The van der Waals surface area contributed by atoms with Crippen LogP contribution in [-0.2, 0) is 48.0 Å². The number of hydrogen-bond acceptors (Lipinski definition) is 9. The highest BCUT2D eigenvalue weighted by molar-refractivity contribution is 6.00. The minimum Gasteiger partial charge on any atom is -0.361 e. The van der Waals surface area contributed by atoms with Crippen molar-refractivity contribution in [2.24, 2.45) is 17.2 Å². The van der Waals surface area contributed by atoms with Crippen LogP contribution in [0.4, 0.5) is 17.1 Å². The van der Waals surface area contributed by atoms with Crippen LogP contribution in [0.25, 0.3) is 32.7 Å². The number of aromatic nitrogens is 3. The highest BCUT2D eigenvalue weighted by atomic mass is 16.2. The van der Waals surface area contributed by atoms with E-state index in [1.165, 1.54) is 0 Å². The first kappa shape index (κ1) is 51.5. The average molecular weight is 1020 g/mol. The van der Waals surface area contributed by atoms with Gasteiger partial charge >= 0.3 is 0 Å². The minimum absolute atomic E-state index is 0.0592. The van der Waals surface area contributed by atoms with E-state index in [4.69, 9.17) is 17.2 Å². The topological polar surface area (TPSA) is 300 Å². The standard InChI is InChI=1S/C58H58N12O6/c59-28-49(68-52(71)25-37-31-62-46-10-4-1-7-43(37)46)56(74)65-40-19-13-34(14-20-40)55(35-15-21-41(22-16-35)66-57(75)50(29-60)69-53(72)26-38-32-63-47-11-5-2-8-44(38)47)36-17-23-42(24-18-36)67-58(76)51(30-61)70-54(73)27-39-33-64-48-12-6-3-9-45(39)48/h1-24,31-33,49-51,55,62-64H,25-30,59-61H2,(H,65,74)(H,66,75)(H,67,76)(H,68,71)(H,69,72)(H,70,73)/t49-,50-,51-/m0/s1. The lowest BCUT2D eigenvalue weighted by Crippen LogP contribution is -2.48. The highest BCUT2D eigenvalue weighted by Crippen LogP contribution is 2.34. The molecule has 3 atom stereocenters. The number of hydrogen-bond donors (Lipinski definition) is 12. The largest absolute Gasteiger partial charge is 0.361 e. The molecule has 0 saturated heterocycles. The number of H-pyrrole nitrogens is 3. The van der Waals surface area contributed by atoms with Crippen molar-refractivity contribution in [1.29, 1.82) is 0 Å². The molecule has 6 aromatic carbocycles. The van der Waals surface area contributed by atoms with Gasteiger partial charge in [0.15, 0.2) is 0 Å². The van der Waals surface area contributed by atoms with Gasteiger partial charge in [-0.3, -0.25) is 28.8 Å². The molecule has 0 bridgehead atoms. The molecule has 0 unspecified atom stereocenters. The number of aromatic amines is 3. The van der Waals surface area contributed by atoms with Crippen LogP contribution in [0, 0.1) is 0 Å². The molecule has 386 valence electrons. The molecule has 0 spiro atoms. The average Bonchev–Trinajstić information content (AvgIpc) is 4.18. The summed E-state index contributed by atoms with van der Waals surface area (Å²) in [5.41, 5.74) is 27.0. The van der Waals surface area contributed by atoms with Crippen LogP contribution in [-0.4, -0.2) is 88.2 Å². The number of fused-ring (bicyclic) bond motifs is 3. The summed E-state index contributed by atoms with van der Waals surface area (Å²) in [6.45, 7) is -0.378. The van der Waals surface area contributed by atoms with Gasteiger partial charge in [0.25, 0.3) is 0 Å². The van der Waals surface area contributed by atoms with Crippen molar-refractivity contribution in [3.05, 3.63) is 198 Å². The Bertz CT molecular complexity index is 3160. The summed E-state index contributed by atoms with van der Waals surface area (Å²) in [6, 6.07) is 41.7. The molecule has 9 aromatic rings. The molecule has 0 aliphatic rings. The molecule has 0 saturated carbocycles. The second-order valence-corrected chi connectivity index (χ2v) is 18.4. The number of carbonyl (C=O) groups excluding carboxylic acids is 6. The first-order chi connectivity index (χ1) is 37.0. The van der Waals surface area contributed by atoms with E-state index in [0.717, 1.165) is 66.1 Å². The van der Waals surface area contributed by atoms with Crippen LogP contribution in [0.5, 0.6) is 0 Å².